The van der Waals surface area contributed by atoms with Crippen molar-refractivity contribution in [1.29, 1.82) is 0 Å². The van der Waals surface area contributed by atoms with E-state index < -0.39 is 0 Å². The van der Waals surface area contributed by atoms with E-state index in [-0.39, 0.29) is 0 Å². The topological polar surface area (TPSA) is 26.5 Å². The zero-order valence-electron chi connectivity index (χ0n) is 10.2. The molecule has 2 aliphatic rings. The van der Waals surface area contributed by atoms with Crippen LogP contribution in [-0.4, -0.2) is 22.6 Å². The van der Waals surface area contributed by atoms with Crippen LogP contribution in [0.25, 0.3) is 5.65 Å². The maximum atomic E-state index is 5.52. The smallest absolute Gasteiger partial charge is 0.137 e. The Hall–Kier alpha value is -0.870. The molecule has 0 aromatic carbocycles. The maximum Gasteiger partial charge on any atom is 0.137 e. The van der Waals surface area contributed by atoms with Crippen molar-refractivity contribution in [2.75, 3.05) is 13.2 Å². The van der Waals surface area contributed by atoms with E-state index in [1.54, 1.807) is 0 Å². The number of aryl methyl sites for hydroxylation is 1. The Kier molecular flexibility index (Phi) is 2.33. The average Bonchev–Trinajstić information content (AvgIpc) is 2.90. The monoisotopic (exact) mass is 306 g/mol. The lowest BCUT2D eigenvalue weighted by molar-refractivity contribution is 0.0494. The van der Waals surface area contributed by atoms with Crippen molar-refractivity contribution in [3.63, 3.8) is 0 Å². The van der Waals surface area contributed by atoms with Crippen molar-refractivity contribution >= 4 is 21.6 Å². The number of fused-ring (bicyclic) bond motifs is 4. The van der Waals surface area contributed by atoms with Gasteiger partial charge in [0.05, 0.1) is 5.69 Å². The number of hydrogen-bond acceptors (Lipinski definition) is 2. The van der Waals surface area contributed by atoms with Crippen LogP contribution in [0, 0.1) is 0 Å². The lowest BCUT2D eigenvalue weighted by atomic mass is 9.78. The quantitative estimate of drug-likeness (QED) is 0.748. The van der Waals surface area contributed by atoms with Crippen molar-refractivity contribution in [3.05, 3.63) is 34.2 Å². The number of ether oxygens (including phenoxy) is 1. The summed E-state index contributed by atoms with van der Waals surface area (Å²) in [5.41, 5.74) is 4.12. The van der Waals surface area contributed by atoms with Crippen molar-refractivity contribution < 1.29 is 4.74 Å². The summed E-state index contributed by atoms with van der Waals surface area (Å²) in [7, 11) is 0. The number of nitrogens with zero attached hydrogens (tertiary/aromatic N) is 2. The molecule has 18 heavy (non-hydrogen) atoms. The highest BCUT2D eigenvalue weighted by atomic mass is 79.9. The first-order chi connectivity index (χ1) is 8.78. The highest BCUT2D eigenvalue weighted by Crippen LogP contribution is 2.45. The third-order valence-corrected chi connectivity index (χ3v) is 4.94. The van der Waals surface area contributed by atoms with E-state index in [0.29, 0.717) is 5.41 Å². The number of imidazole rings is 1. The zero-order chi connectivity index (χ0) is 12.2. The Morgan fingerprint density at radius 3 is 2.89 bits per heavy atom. The first-order valence-corrected chi connectivity index (χ1v) is 7.33. The number of rotatable bonds is 0. The molecule has 0 saturated carbocycles. The molecule has 1 spiro atoms. The summed E-state index contributed by atoms with van der Waals surface area (Å²) >= 11 is 3.54. The zero-order valence-corrected chi connectivity index (χ0v) is 11.7. The van der Waals surface area contributed by atoms with Gasteiger partial charge in [0.2, 0.25) is 0 Å². The van der Waals surface area contributed by atoms with Crippen LogP contribution in [-0.2, 0) is 16.6 Å². The van der Waals surface area contributed by atoms with Gasteiger partial charge in [-0.2, -0.15) is 0 Å². The van der Waals surface area contributed by atoms with Gasteiger partial charge in [0.15, 0.2) is 0 Å². The SMILES string of the molecule is Brc1ccc2nc3c(n2c1)CCC31CCOCC1. The van der Waals surface area contributed by atoms with Crippen molar-refractivity contribution in [2.45, 2.75) is 31.1 Å². The van der Waals surface area contributed by atoms with E-state index >= 15 is 0 Å². The first-order valence-electron chi connectivity index (χ1n) is 6.53. The Bertz CT molecular complexity index is 614. The lowest BCUT2D eigenvalue weighted by Gasteiger charge is -2.32. The predicted octanol–water partition coefficient (Wildman–Crippen LogP) is 3.09. The van der Waals surface area contributed by atoms with Gasteiger partial charge in [-0.15, -0.1) is 0 Å². The number of hydrogen-bond donors (Lipinski definition) is 0. The molecular weight excluding hydrogens is 292 g/mol. The molecule has 3 nitrogen and oxygen atoms in total. The van der Waals surface area contributed by atoms with Gasteiger partial charge in [-0.25, -0.2) is 4.98 Å². The molecule has 0 unspecified atom stereocenters. The highest BCUT2D eigenvalue weighted by molar-refractivity contribution is 9.10. The molecule has 0 radical (unpaired) electrons. The molecule has 1 aliphatic carbocycles. The molecule has 0 N–H and O–H groups in total. The van der Waals surface area contributed by atoms with E-state index in [4.69, 9.17) is 9.72 Å². The second kappa shape index (κ2) is 3.81. The van der Waals surface area contributed by atoms with Crippen LogP contribution in [0.15, 0.2) is 22.8 Å². The molecule has 0 bridgehead atoms. The van der Waals surface area contributed by atoms with Gasteiger partial charge in [0, 0.05) is 35.0 Å². The second-order valence-electron chi connectivity index (χ2n) is 5.38. The summed E-state index contributed by atoms with van der Waals surface area (Å²) in [5.74, 6) is 0. The molecule has 0 atom stereocenters. The van der Waals surface area contributed by atoms with Gasteiger partial charge in [-0.1, -0.05) is 0 Å². The van der Waals surface area contributed by atoms with E-state index in [1.165, 1.54) is 17.8 Å². The maximum absolute atomic E-state index is 5.52. The summed E-state index contributed by atoms with van der Waals surface area (Å²) in [6, 6.07) is 4.16. The average molecular weight is 307 g/mol. The van der Waals surface area contributed by atoms with Gasteiger partial charge in [0.1, 0.15) is 5.65 Å². The van der Waals surface area contributed by atoms with Crippen LogP contribution in [0.2, 0.25) is 0 Å². The molecule has 1 fully saturated rings. The third kappa shape index (κ3) is 1.42. The molecule has 4 heteroatoms. The fourth-order valence-electron chi connectivity index (χ4n) is 3.46. The van der Waals surface area contributed by atoms with Gasteiger partial charge in [-0.05, 0) is 53.7 Å². The highest BCUT2D eigenvalue weighted by Gasteiger charge is 2.43. The standard InChI is InChI=1S/C14H15BrN2O/c15-10-1-2-12-16-13-11(17(12)9-10)3-4-14(13)5-7-18-8-6-14/h1-2,9H,3-8H2. The molecule has 2 aromatic rings. The molecule has 94 valence electrons. The van der Waals surface area contributed by atoms with Gasteiger partial charge < -0.3 is 9.14 Å². The minimum atomic E-state index is 0.298. The van der Waals surface area contributed by atoms with Crippen molar-refractivity contribution in [3.8, 4) is 0 Å². The van der Waals surface area contributed by atoms with Crippen LogP contribution in [0.1, 0.15) is 30.7 Å². The second-order valence-corrected chi connectivity index (χ2v) is 6.29. The van der Waals surface area contributed by atoms with Crippen LogP contribution >= 0.6 is 15.9 Å². The lowest BCUT2D eigenvalue weighted by Crippen LogP contribution is -2.31. The third-order valence-electron chi connectivity index (χ3n) is 4.47. The largest absolute Gasteiger partial charge is 0.381 e. The van der Waals surface area contributed by atoms with E-state index in [9.17, 15) is 0 Å². The fourth-order valence-corrected chi connectivity index (χ4v) is 3.79. The Morgan fingerprint density at radius 1 is 1.22 bits per heavy atom. The van der Waals surface area contributed by atoms with Crippen molar-refractivity contribution in [1.82, 2.24) is 9.38 Å². The summed E-state index contributed by atoms with van der Waals surface area (Å²) in [5, 5.41) is 0. The van der Waals surface area contributed by atoms with E-state index in [2.05, 4.69) is 38.7 Å². The Morgan fingerprint density at radius 2 is 2.06 bits per heavy atom. The van der Waals surface area contributed by atoms with E-state index in [1.807, 2.05) is 0 Å². The van der Waals surface area contributed by atoms with Gasteiger partial charge in [-0.3, -0.25) is 0 Å². The molecular formula is C14H15BrN2O. The summed E-state index contributed by atoms with van der Waals surface area (Å²) in [4.78, 5) is 4.90. The van der Waals surface area contributed by atoms with Crippen LogP contribution in [0.3, 0.4) is 0 Å². The normalized spacial score (nSPS) is 21.6. The molecule has 3 heterocycles. The van der Waals surface area contributed by atoms with E-state index in [0.717, 1.165) is 42.6 Å². The van der Waals surface area contributed by atoms with Crippen molar-refractivity contribution in [2.24, 2.45) is 0 Å². The minimum Gasteiger partial charge on any atom is -0.381 e. The van der Waals surface area contributed by atoms with Crippen LogP contribution in [0.5, 0.6) is 0 Å². The fraction of sp³-hybridized carbons (Fsp3) is 0.500. The predicted molar refractivity (Wildman–Crippen MR) is 72.9 cm³/mol. The minimum absolute atomic E-state index is 0.298. The Labute approximate surface area is 114 Å². The molecule has 1 saturated heterocycles. The summed E-state index contributed by atoms with van der Waals surface area (Å²) in [6.45, 7) is 1.77. The summed E-state index contributed by atoms with van der Waals surface area (Å²) < 4.78 is 8.89. The van der Waals surface area contributed by atoms with Crippen LogP contribution < -0.4 is 0 Å². The first kappa shape index (κ1) is 11.0. The number of pyridine rings is 1. The van der Waals surface area contributed by atoms with Gasteiger partial charge in [0.25, 0.3) is 0 Å². The molecule has 0 amide bonds. The molecule has 1 aliphatic heterocycles. The number of halogens is 1. The molecule has 4 rings (SSSR count). The van der Waals surface area contributed by atoms with Gasteiger partial charge >= 0.3 is 0 Å². The number of aromatic nitrogens is 2. The Balaban J connectivity index is 1.91. The molecule has 2 aromatic heterocycles. The summed E-state index contributed by atoms with van der Waals surface area (Å²) in [6.07, 6.45) is 6.78. The van der Waals surface area contributed by atoms with Crippen LogP contribution in [0.4, 0.5) is 0 Å².